The Bertz CT molecular complexity index is 582. The molecular weight excluding hydrogens is 586 g/mol. The average molecular weight is 671 g/mol. The van der Waals surface area contributed by atoms with Crippen molar-refractivity contribution in [3.8, 4) is 0 Å². The van der Waals surface area contributed by atoms with Gasteiger partial charge >= 0.3 is 0 Å². The molecule has 0 saturated carbocycles. The van der Waals surface area contributed by atoms with Crippen molar-refractivity contribution in [1.82, 2.24) is 5.32 Å². The second-order valence-electron chi connectivity index (χ2n) is 14.2. The van der Waals surface area contributed by atoms with Gasteiger partial charge in [-0.05, 0) is 30.9 Å². The van der Waals surface area contributed by atoms with E-state index in [0.29, 0.717) is 6.42 Å². The number of hydrogen-bond donors (Lipinski definition) is 1. The van der Waals surface area contributed by atoms with Crippen molar-refractivity contribution in [1.29, 1.82) is 0 Å². The summed E-state index contributed by atoms with van der Waals surface area (Å²) in [4.78, 5) is 22.4. The zero-order valence-electron chi connectivity index (χ0n) is 31.9. The number of hydrogen-bond acceptors (Lipinski definition) is 2. The maximum Gasteiger partial charge on any atom is 0.221 e. The average Bonchev–Trinajstić information content (AvgIpc) is 3.05. The first-order chi connectivity index (χ1) is 22.6. The summed E-state index contributed by atoms with van der Waals surface area (Å²) in [5.41, 5.74) is 0. The SMILES string of the molecule is CCCCCCCCCCCCCC(=O)Cl.CCCCCCCCCCCCCCNC(=O)CCCCCCCCCCCCC. The third kappa shape index (κ3) is 47.8. The molecule has 276 valence electrons. The monoisotopic (exact) mass is 670 g/mol. The van der Waals surface area contributed by atoms with E-state index in [1.165, 1.54) is 193 Å². The largest absolute Gasteiger partial charge is 0.356 e. The maximum absolute atomic E-state index is 11.9. The van der Waals surface area contributed by atoms with E-state index in [2.05, 4.69) is 26.1 Å². The number of rotatable bonds is 37. The van der Waals surface area contributed by atoms with E-state index in [1.807, 2.05) is 0 Å². The van der Waals surface area contributed by atoms with Crippen molar-refractivity contribution in [2.45, 2.75) is 252 Å². The Morgan fingerprint density at radius 3 is 0.870 bits per heavy atom. The van der Waals surface area contributed by atoms with Crippen LogP contribution < -0.4 is 5.32 Å². The Hall–Kier alpha value is -0.570. The van der Waals surface area contributed by atoms with Gasteiger partial charge in [0, 0.05) is 19.4 Å². The first kappa shape index (κ1) is 47.5. The van der Waals surface area contributed by atoms with Gasteiger partial charge in [-0.2, -0.15) is 0 Å². The van der Waals surface area contributed by atoms with Gasteiger partial charge in [0.2, 0.25) is 11.1 Å². The van der Waals surface area contributed by atoms with Crippen molar-refractivity contribution in [2.24, 2.45) is 0 Å². The Labute approximate surface area is 295 Å². The first-order valence-electron chi connectivity index (χ1n) is 21.0. The number of carbonyl (C=O) groups is 2. The molecule has 0 rings (SSSR count). The fourth-order valence-electron chi connectivity index (χ4n) is 6.16. The van der Waals surface area contributed by atoms with Gasteiger partial charge in [-0.25, -0.2) is 0 Å². The van der Waals surface area contributed by atoms with Gasteiger partial charge in [0.25, 0.3) is 0 Å². The highest BCUT2D eigenvalue weighted by atomic mass is 35.5. The van der Waals surface area contributed by atoms with Gasteiger partial charge in [0.1, 0.15) is 0 Å². The number of unbranched alkanes of at least 4 members (excludes halogenated alkanes) is 31. The summed E-state index contributed by atoms with van der Waals surface area (Å²) in [5.74, 6) is 0.272. The lowest BCUT2D eigenvalue weighted by Crippen LogP contribution is -2.23. The molecule has 1 N–H and O–H groups in total. The third-order valence-corrected chi connectivity index (χ3v) is 9.53. The van der Waals surface area contributed by atoms with Crippen molar-refractivity contribution >= 4 is 22.8 Å². The Morgan fingerprint density at radius 1 is 0.348 bits per heavy atom. The summed E-state index contributed by atoms with van der Waals surface area (Å²) >= 11 is 5.26. The van der Waals surface area contributed by atoms with E-state index in [4.69, 9.17) is 11.6 Å². The van der Waals surface area contributed by atoms with Crippen molar-refractivity contribution < 1.29 is 9.59 Å². The summed E-state index contributed by atoms with van der Waals surface area (Å²) in [6.07, 6.45) is 46.9. The molecule has 0 aliphatic heterocycles. The predicted molar refractivity (Wildman–Crippen MR) is 207 cm³/mol. The summed E-state index contributed by atoms with van der Waals surface area (Å²) < 4.78 is 0. The van der Waals surface area contributed by atoms with Crippen molar-refractivity contribution in [2.75, 3.05) is 6.54 Å². The van der Waals surface area contributed by atoms with Crippen LogP contribution in [0.5, 0.6) is 0 Å². The van der Waals surface area contributed by atoms with Crippen LogP contribution in [0.3, 0.4) is 0 Å². The predicted octanol–water partition coefficient (Wildman–Crippen LogP) is 15.0. The molecule has 0 aromatic carbocycles. The van der Waals surface area contributed by atoms with E-state index in [-0.39, 0.29) is 11.1 Å². The number of amides is 1. The molecule has 0 bridgehead atoms. The fraction of sp³-hybridized carbons (Fsp3) is 0.952. The number of halogens is 1. The molecule has 0 aliphatic carbocycles. The molecule has 0 saturated heterocycles. The van der Waals surface area contributed by atoms with Gasteiger partial charge < -0.3 is 5.32 Å². The van der Waals surface area contributed by atoms with Crippen LogP contribution in [0.15, 0.2) is 0 Å². The van der Waals surface area contributed by atoms with Gasteiger partial charge in [0.15, 0.2) is 0 Å². The van der Waals surface area contributed by atoms with Crippen LogP contribution in [0.1, 0.15) is 252 Å². The minimum absolute atomic E-state index is 0.184. The van der Waals surface area contributed by atoms with Gasteiger partial charge in [0.05, 0.1) is 0 Å². The van der Waals surface area contributed by atoms with Crippen LogP contribution in [-0.4, -0.2) is 17.7 Å². The van der Waals surface area contributed by atoms with Gasteiger partial charge in [-0.3, -0.25) is 9.59 Å². The molecule has 0 fully saturated rings. The lowest BCUT2D eigenvalue weighted by molar-refractivity contribution is -0.121. The molecule has 0 atom stereocenters. The Kier molecular flexibility index (Phi) is 45.9. The van der Waals surface area contributed by atoms with E-state index in [1.54, 1.807) is 0 Å². The highest BCUT2D eigenvalue weighted by Gasteiger charge is 2.01. The maximum atomic E-state index is 11.9. The first-order valence-corrected chi connectivity index (χ1v) is 21.4. The molecule has 0 spiro atoms. The van der Waals surface area contributed by atoms with Crippen LogP contribution >= 0.6 is 11.6 Å². The second-order valence-corrected chi connectivity index (χ2v) is 14.6. The summed E-state index contributed by atoms with van der Waals surface area (Å²) in [6.45, 7) is 7.70. The highest BCUT2D eigenvalue weighted by Crippen LogP contribution is 2.14. The number of nitrogens with one attached hydrogen (secondary N) is 1. The second kappa shape index (κ2) is 44.4. The standard InChI is InChI=1S/C28H57NO.C14H27ClO/c1-3-5-7-9-11-13-15-17-19-21-23-25-27-29-28(30)26-24-22-20-18-16-14-12-10-8-6-4-2;1-2-3-4-5-6-7-8-9-10-11-12-13-14(15)16/h3-27H2,1-2H3,(H,29,30);2-13H2,1H3. The Morgan fingerprint density at radius 2 is 0.587 bits per heavy atom. The normalized spacial score (nSPS) is 11.0. The molecule has 0 radical (unpaired) electrons. The van der Waals surface area contributed by atoms with Crippen molar-refractivity contribution in [3.05, 3.63) is 0 Å². The lowest BCUT2D eigenvalue weighted by Gasteiger charge is -2.06. The molecule has 0 aromatic heterocycles. The van der Waals surface area contributed by atoms with Crippen LogP contribution in [0.2, 0.25) is 0 Å². The third-order valence-electron chi connectivity index (χ3n) is 9.34. The van der Waals surface area contributed by atoms with Gasteiger partial charge in [-0.1, -0.05) is 220 Å². The Balaban J connectivity index is 0. The van der Waals surface area contributed by atoms with Crippen molar-refractivity contribution in [3.63, 3.8) is 0 Å². The smallest absolute Gasteiger partial charge is 0.221 e. The summed E-state index contributed by atoms with van der Waals surface area (Å²) in [5, 5.41) is 2.93. The summed E-state index contributed by atoms with van der Waals surface area (Å²) in [6, 6.07) is 0. The van der Waals surface area contributed by atoms with E-state index < -0.39 is 0 Å². The number of carbonyl (C=O) groups excluding carboxylic acids is 2. The van der Waals surface area contributed by atoms with Crippen LogP contribution in [-0.2, 0) is 9.59 Å². The molecule has 0 heterocycles. The lowest BCUT2D eigenvalue weighted by atomic mass is 10.0. The van der Waals surface area contributed by atoms with E-state index >= 15 is 0 Å². The van der Waals surface area contributed by atoms with Crippen LogP contribution in [0, 0.1) is 0 Å². The molecule has 1 amide bonds. The summed E-state index contributed by atoms with van der Waals surface area (Å²) in [7, 11) is 0. The van der Waals surface area contributed by atoms with Crippen LogP contribution in [0.25, 0.3) is 0 Å². The highest BCUT2D eigenvalue weighted by molar-refractivity contribution is 6.63. The molecule has 4 heteroatoms. The zero-order chi connectivity index (χ0) is 34.0. The zero-order valence-corrected chi connectivity index (χ0v) is 32.6. The topological polar surface area (TPSA) is 46.2 Å². The molecule has 0 aromatic rings. The minimum atomic E-state index is -0.184. The molecule has 0 aliphatic rings. The van der Waals surface area contributed by atoms with E-state index in [9.17, 15) is 9.59 Å². The molecular formula is C42H84ClNO2. The van der Waals surface area contributed by atoms with Gasteiger partial charge in [-0.15, -0.1) is 0 Å². The molecule has 3 nitrogen and oxygen atoms in total. The fourth-order valence-corrected chi connectivity index (χ4v) is 6.29. The molecule has 46 heavy (non-hydrogen) atoms. The van der Waals surface area contributed by atoms with Crippen LogP contribution in [0.4, 0.5) is 0 Å². The minimum Gasteiger partial charge on any atom is -0.356 e. The quantitative estimate of drug-likeness (QED) is 0.0528. The molecule has 0 unspecified atom stereocenters. The van der Waals surface area contributed by atoms with E-state index in [0.717, 1.165) is 38.6 Å².